The fourth-order valence-electron chi connectivity index (χ4n) is 5.49. The van der Waals surface area contributed by atoms with Crippen molar-refractivity contribution in [1.29, 1.82) is 0 Å². The molecule has 1 spiro atoms. The molecule has 1 amide bonds. The molecular weight excluding hydrogens is 478 g/mol. The molecule has 0 aromatic heterocycles. The van der Waals surface area contributed by atoms with Crippen LogP contribution >= 0.6 is 11.6 Å². The standard InChI is InChI=1S/C26H32ClN7O2/c1-36-22-10-5-18(27)17-21(22)23(35)33-15-13-32(14-16-33)19-6-8-20(9-7-19)34-25(29)30-24(28)31-26(34)11-3-2-4-12-26/h5-10,17H,2-4,11-16H2,1H3,(H4,28,29,30,31). The first-order valence-electron chi connectivity index (χ1n) is 12.4. The highest BCUT2D eigenvalue weighted by Gasteiger charge is 2.42. The molecule has 2 heterocycles. The van der Waals surface area contributed by atoms with Crippen molar-refractivity contribution in [3.05, 3.63) is 53.1 Å². The largest absolute Gasteiger partial charge is 0.496 e. The van der Waals surface area contributed by atoms with E-state index >= 15 is 0 Å². The third-order valence-electron chi connectivity index (χ3n) is 7.28. The quantitative estimate of drug-likeness (QED) is 0.653. The fourth-order valence-corrected chi connectivity index (χ4v) is 5.66. The summed E-state index contributed by atoms with van der Waals surface area (Å²) in [5.74, 6) is 1.11. The number of guanidine groups is 2. The zero-order valence-corrected chi connectivity index (χ0v) is 21.2. The van der Waals surface area contributed by atoms with Gasteiger partial charge in [-0.05, 0) is 68.1 Å². The Balaban J connectivity index is 1.28. The van der Waals surface area contributed by atoms with Gasteiger partial charge in [-0.25, -0.2) is 4.99 Å². The number of aliphatic imine (C=N–C) groups is 2. The lowest BCUT2D eigenvalue weighted by Gasteiger charge is -2.45. The SMILES string of the molecule is COc1ccc(Cl)cc1C(=O)N1CCN(c2ccc(N3C(N)=NC(N)=NC34CCCCC4)cc2)CC1. The maximum atomic E-state index is 13.1. The van der Waals surface area contributed by atoms with E-state index in [9.17, 15) is 4.79 Å². The highest BCUT2D eigenvalue weighted by Crippen LogP contribution is 2.40. The van der Waals surface area contributed by atoms with Crippen LogP contribution in [0.2, 0.25) is 5.02 Å². The molecule has 0 radical (unpaired) electrons. The summed E-state index contributed by atoms with van der Waals surface area (Å²) in [6.07, 6.45) is 5.17. The Bertz CT molecular complexity index is 1180. The average Bonchev–Trinajstić information content (AvgIpc) is 2.89. The van der Waals surface area contributed by atoms with Crippen LogP contribution in [0.25, 0.3) is 0 Å². The van der Waals surface area contributed by atoms with Crippen molar-refractivity contribution in [1.82, 2.24) is 4.90 Å². The van der Waals surface area contributed by atoms with Gasteiger partial charge in [0.25, 0.3) is 5.91 Å². The second-order valence-corrected chi connectivity index (χ2v) is 9.90. The maximum Gasteiger partial charge on any atom is 0.257 e. The summed E-state index contributed by atoms with van der Waals surface area (Å²) < 4.78 is 5.37. The number of carbonyl (C=O) groups excluding carboxylic acids is 1. The molecule has 0 atom stereocenters. The number of nitrogens with two attached hydrogens (primary N) is 2. The average molecular weight is 510 g/mol. The fraction of sp³-hybridized carbons (Fsp3) is 0.423. The first-order valence-corrected chi connectivity index (χ1v) is 12.8. The van der Waals surface area contributed by atoms with E-state index in [1.54, 1.807) is 25.3 Å². The van der Waals surface area contributed by atoms with Crippen LogP contribution < -0.4 is 26.0 Å². The number of benzene rings is 2. The van der Waals surface area contributed by atoms with E-state index in [2.05, 4.69) is 34.2 Å². The van der Waals surface area contributed by atoms with Crippen molar-refractivity contribution in [3.63, 3.8) is 0 Å². The van der Waals surface area contributed by atoms with Gasteiger partial charge in [0.1, 0.15) is 11.4 Å². The van der Waals surface area contributed by atoms with E-state index in [-0.39, 0.29) is 11.9 Å². The number of piperazine rings is 1. The van der Waals surface area contributed by atoms with E-state index in [0.29, 0.717) is 35.4 Å². The van der Waals surface area contributed by atoms with E-state index in [1.807, 2.05) is 9.80 Å². The van der Waals surface area contributed by atoms with Crippen molar-refractivity contribution in [2.24, 2.45) is 21.5 Å². The van der Waals surface area contributed by atoms with E-state index in [1.165, 1.54) is 6.42 Å². The van der Waals surface area contributed by atoms with Gasteiger partial charge in [0.15, 0.2) is 0 Å². The van der Waals surface area contributed by atoms with E-state index in [4.69, 9.17) is 32.8 Å². The van der Waals surface area contributed by atoms with Gasteiger partial charge < -0.3 is 26.0 Å². The molecule has 9 nitrogen and oxygen atoms in total. The van der Waals surface area contributed by atoms with Crippen LogP contribution in [0.1, 0.15) is 42.5 Å². The number of ether oxygens (including phenoxy) is 1. The van der Waals surface area contributed by atoms with Crippen LogP contribution in [0.3, 0.4) is 0 Å². The van der Waals surface area contributed by atoms with Gasteiger partial charge in [0.05, 0.1) is 12.7 Å². The zero-order valence-electron chi connectivity index (χ0n) is 20.5. The van der Waals surface area contributed by atoms with E-state index in [0.717, 1.165) is 50.1 Å². The number of hydrogen-bond donors (Lipinski definition) is 2. The summed E-state index contributed by atoms with van der Waals surface area (Å²) in [6.45, 7) is 2.68. The molecule has 1 saturated heterocycles. The number of hydrogen-bond acceptors (Lipinski definition) is 8. The molecule has 0 bridgehead atoms. The van der Waals surface area contributed by atoms with Crippen molar-refractivity contribution < 1.29 is 9.53 Å². The van der Waals surface area contributed by atoms with Crippen LogP contribution in [-0.4, -0.2) is 61.7 Å². The molecule has 5 rings (SSSR count). The first-order chi connectivity index (χ1) is 17.4. The Morgan fingerprint density at radius 3 is 2.31 bits per heavy atom. The molecule has 4 N–H and O–H groups in total. The number of methoxy groups -OCH3 is 1. The molecule has 1 saturated carbocycles. The van der Waals surface area contributed by atoms with Crippen molar-refractivity contribution in [3.8, 4) is 5.75 Å². The first kappa shape index (κ1) is 24.2. The third kappa shape index (κ3) is 4.55. The minimum atomic E-state index is -0.455. The second kappa shape index (κ2) is 9.89. The normalized spacial score (nSPS) is 19.7. The van der Waals surface area contributed by atoms with Gasteiger partial charge in [-0.1, -0.05) is 18.0 Å². The smallest absolute Gasteiger partial charge is 0.257 e. The number of rotatable bonds is 4. The van der Waals surface area contributed by atoms with Crippen molar-refractivity contribution in [2.75, 3.05) is 43.1 Å². The predicted octanol–water partition coefficient (Wildman–Crippen LogP) is 3.42. The van der Waals surface area contributed by atoms with Gasteiger partial charge in [-0.3, -0.25) is 9.69 Å². The summed E-state index contributed by atoms with van der Waals surface area (Å²) in [7, 11) is 1.56. The molecule has 36 heavy (non-hydrogen) atoms. The highest BCUT2D eigenvalue weighted by molar-refractivity contribution is 6.31. The lowest BCUT2D eigenvalue weighted by Crippen LogP contribution is -2.58. The lowest BCUT2D eigenvalue weighted by molar-refractivity contribution is 0.0743. The Morgan fingerprint density at radius 1 is 0.972 bits per heavy atom. The monoisotopic (exact) mass is 509 g/mol. The number of amides is 1. The molecular formula is C26H32ClN7O2. The number of carbonyl (C=O) groups is 1. The topological polar surface area (TPSA) is 113 Å². The van der Waals surface area contributed by atoms with Crippen LogP contribution in [0.4, 0.5) is 11.4 Å². The molecule has 1 aliphatic carbocycles. The highest BCUT2D eigenvalue weighted by atomic mass is 35.5. The molecule has 10 heteroatoms. The minimum absolute atomic E-state index is 0.0678. The van der Waals surface area contributed by atoms with Crippen LogP contribution in [-0.2, 0) is 0 Å². The van der Waals surface area contributed by atoms with Crippen molar-refractivity contribution >= 4 is 40.8 Å². The predicted molar refractivity (Wildman–Crippen MR) is 144 cm³/mol. The molecule has 0 unspecified atom stereocenters. The Hall–Kier alpha value is -3.46. The summed E-state index contributed by atoms with van der Waals surface area (Å²) in [5.41, 5.74) is 14.4. The number of nitrogens with zero attached hydrogens (tertiary/aromatic N) is 5. The number of halogens is 1. The molecule has 2 aliphatic heterocycles. The van der Waals surface area contributed by atoms with Gasteiger partial charge in [-0.2, -0.15) is 4.99 Å². The minimum Gasteiger partial charge on any atom is -0.496 e. The molecule has 190 valence electrons. The van der Waals surface area contributed by atoms with Crippen LogP contribution in [0, 0.1) is 0 Å². The molecule has 3 aliphatic rings. The third-order valence-corrected chi connectivity index (χ3v) is 7.52. The van der Waals surface area contributed by atoms with Crippen molar-refractivity contribution in [2.45, 2.75) is 37.8 Å². The Kier molecular flexibility index (Phi) is 6.66. The molecule has 2 aromatic rings. The summed E-state index contributed by atoms with van der Waals surface area (Å²) in [6, 6.07) is 13.4. The van der Waals surface area contributed by atoms with Gasteiger partial charge in [-0.15, -0.1) is 0 Å². The van der Waals surface area contributed by atoms with Crippen LogP contribution in [0.5, 0.6) is 5.75 Å². The molecule has 2 aromatic carbocycles. The van der Waals surface area contributed by atoms with E-state index < -0.39 is 5.66 Å². The number of anilines is 2. The van der Waals surface area contributed by atoms with Crippen LogP contribution in [0.15, 0.2) is 52.4 Å². The van der Waals surface area contributed by atoms with Gasteiger partial charge >= 0.3 is 0 Å². The zero-order chi connectivity index (χ0) is 25.3. The summed E-state index contributed by atoms with van der Waals surface area (Å²) in [4.78, 5) is 28.3. The maximum absolute atomic E-state index is 13.1. The Morgan fingerprint density at radius 2 is 1.64 bits per heavy atom. The Labute approximate surface area is 216 Å². The second-order valence-electron chi connectivity index (χ2n) is 9.46. The van der Waals surface area contributed by atoms with Gasteiger partial charge in [0, 0.05) is 42.6 Å². The summed E-state index contributed by atoms with van der Waals surface area (Å²) >= 11 is 6.13. The van der Waals surface area contributed by atoms with Gasteiger partial charge in [0.2, 0.25) is 11.9 Å². The molecule has 2 fully saturated rings. The lowest BCUT2D eigenvalue weighted by atomic mass is 9.87. The summed E-state index contributed by atoms with van der Waals surface area (Å²) in [5, 5.41) is 0.514.